The van der Waals surface area contributed by atoms with E-state index in [1.54, 1.807) is 18.2 Å². The van der Waals surface area contributed by atoms with Crippen LogP contribution < -0.4 is 0 Å². The van der Waals surface area contributed by atoms with Gasteiger partial charge in [-0.3, -0.25) is 4.79 Å². The first-order valence-electron chi connectivity index (χ1n) is 3.62. The fourth-order valence-corrected chi connectivity index (χ4v) is 1.73. The van der Waals surface area contributed by atoms with Crippen LogP contribution >= 0.6 is 35.0 Å². The van der Waals surface area contributed by atoms with Crippen LogP contribution in [0.4, 0.5) is 0 Å². The number of hydrogen-bond acceptors (Lipinski definition) is 2. The van der Waals surface area contributed by atoms with Crippen LogP contribution in [0.2, 0.25) is 10.0 Å². The third-order valence-corrected chi connectivity index (χ3v) is 2.62. The maximum atomic E-state index is 11.5. The summed E-state index contributed by atoms with van der Waals surface area (Å²) in [7, 11) is 0. The molecule has 0 bridgehead atoms. The molecule has 0 spiro atoms. The number of thioether (sulfide) groups is 1. The minimum absolute atomic E-state index is 0.0139. The number of carbonyl (C=O) groups is 1. The van der Waals surface area contributed by atoms with Crippen molar-refractivity contribution in [3.63, 3.8) is 0 Å². The Morgan fingerprint density at radius 1 is 1.46 bits per heavy atom. The Labute approximate surface area is 91.4 Å². The lowest BCUT2D eigenvalue weighted by atomic mass is 10.1. The second-order valence-corrected chi connectivity index (χ2v) is 4.19. The molecule has 0 heterocycles. The smallest absolute Gasteiger partial charge is 0.174 e. The van der Waals surface area contributed by atoms with Crippen LogP contribution in [-0.4, -0.2) is 17.8 Å². The lowest BCUT2D eigenvalue weighted by Crippen LogP contribution is -2.02. The molecule has 13 heavy (non-hydrogen) atoms. The van der Waals surface area contributed by atoms with E-state index in [-0.39, 0.29) is 5.78 Å². The molecule has 0 unspecified atom stereocenters. The van der Waals surface area contributed by atoms with E-state index in [9.17, 15) is 4.79 Å². The minimum Gasteiger partial charge on any atom is -0.293 e. The SMILES string of the molecule is CSCC(=O)c1cc(Cl)ccc1Cl. The van der Waals surface area contributed by atoms with E-state index < -0.39 is 0 Å². The first-order valence-corrected chi connectivity index (χ1v) is 5.77. The third-order valence-electron chi connectivity index (χ3n) is 1.50. The van der Waals surface area contributed by atoms with Gasteiger partial charge in [0.25, 0.3) is 0 Å². The molecule has 0 radical (unpaired) electrons. The van der Waals surface area contributed by atoms with E-state index in [2.05, 4.69) is 0 Å². The summed E-state index contributed by atoms with van der Waals surface area (Å²) in [5.74, 6) is 0.445. The molecular weight excluding hydrogens is 227 g/mol. The van der Waals surface area contributed by atoms with Crippen LogP contribution in [-0.2, 0) is 0 Å². The third kappa shape index (κ3) is 2.90. The standard InChI is InChI=1S/C9H8Cl2OS/c1-13-5-9(12)7-4-6(10)2-3-8(7)11/h2-4H,5H2,1H3. The lowest BCUT2D eigenvalue weighted by molar-refractivity contribution is 0.102. The first kappa shape index (κ1) is 10.9. The van der Waals surface area contributed by atoms with Gasteiger partial charge in [0.15, 0.2) is 5.78 Å². The van der Waals surface area contributed by atoms with Crippen LogP contribution in [0.5, 0.6) is 0 Å². The molecule has 0 amide bonds. The van der Waals surface area contributed by atoms with Gasteiger partial charge in [0.2, 0.25) is 0 Å². The molecule has 1 rings (SSSR count). The Morgan fingerprint density at radius 3 is 2.77 bits per heavy atom. The molecule has 0 fully saturated rings. The molecule has 0 aliphatic heterocycles. The number of Topliss-reactive ketones (excluding diaryl/α,β-unsaturated/α-hetero) is 1. The molecule has 0 aliphatic rings. The summed E-state index contributed by atoms with van der Waals surface area (Å²) in [5, 5.41) is 0.998. The van der Waals surface area contributed by atoms with Crippen LogP contribution in [0.25, 0.3) is 0 Å². The molecule has 1 aromatic carbocycles. The zero-order chi connectivity index (χ0) is 9.84. The Morgan fingerprint density at radius 2 is 2.15 bits per heavy atom. The van der Waals surface area contributed by atoms with Crippen molar-refractivity contribution in [3.8, 4) is 0 Å². The summed E-state index contributed by atoms with van der Waals surface area (Å²) >= 11 is 13.0. The fourth-order valence-electron chi connectivity index (χ4n) is 0.920. The van der Waals surface area contributed by atoms with E-state index in [0.29, 0.717) is 21.4 Å². The van der Waals surface area contributed by atoms with Crippen LogP contribution in [0.1, 0.15) is 10.4 Å². The van der Waals surface area contributed by atoms with Crippen molar-refractivity contribution in [1.29, 1.82) is 0 Å². The molecule has 1 aromatic rings. The van der Waals surface area contributed by atoms with Gasteiger partial charge in [-0.15, -0.1) is 0 Å². The van der Waals surface area contributed by atoms with E-state index in [1.807, 2.05) is 6.26 Å². The van der Waals surface area contributed by atoms with Crippen LogP contribution in [0, 0.1) is 0 Å². The van der Waals surface area contributed by atoms with Gasteiger partial charge in [0.1, 0.15) is 0 Å². The van der Waals surface area contributed by atoms with Gasteiger partial charge >= 0.3 is 0 Å². The van der Waals surface area contributed by atoms with Gasteiger partial charge in [-0.25, -0.2) is 0 Å². The number of halogens is 2. The summed E-state index contributed by atoms with van der Waals surface area (Å²) in [6.45, 7) is 0. The van der Waals surface area contributed by atoms with Crippen molar-refractivity contribution < 1.29 is 4.79 Å². The number of benzene rings is 1. The van der Waals surface area contributed by atoms with Crippen molar-refractivity contribution in [2.75, 3.05) is 12.0 Å². The summed E-state index contributed by atoms with van der Waals surface area (Å²) in [4.78, 5) is 11.5. The maximum Gasteiger partial charge on any atom is 0.174 e. The van der Waals surface area contributed by atoms with E-state index >= 15 is 0 Å². The largest absolute Gasteiger partial charge is 0.293 e. The number of carbonyl (C=O) groups excluding carboxylic acids is 1. The van der Waals surface area contributed by atoms with Gasteiger partial charge in [0.05, 0.1) is 10.8 Å². The van der Waals surface area contributed by atoms with Crippen LogP contribution in [0.3, 0.4) is 0 Å². The van der Waals surface area contributed by atoms with Gasteiger partial charge in [-0.05, 0) is 24.5 Å². The normalized spacial score (nSPS) is 10.1. The average Bonchev–Trinajstić information content (AvgIpc) is 2.09. The van der Waals surface area contributed by atoms with Crippen LogP contribution in [0.15, 0.2) is 18.2 Å². The molecule has 0 saturated heterocycles. The number of hydrogen-bond donors (Lipinski definition) is 0. The van der Waals surface area contributed by atoms with Gasteiger partial charge in [-0.1, -0.05) is 23.2 Å². The molecule has 1 nitrogen and oxygen atoms in total. The Hall–Kier alpha value is -0.180. The Kier molecular flexibility index (Phi) is 4.10. The lowest BCUT2D eigenvalue weighted by Gasteiger charge is -2.02. The highest BCUT2D eigenvalue weighted by molar-refractivity contribution is 7.99. The summed E-state index contributed by atoms with van der Waals surface area (Å²) in [6, 6.07) is 4.90. The summed E-state index contributed by atoms with van der Waals surface area (Å²) in [5.41, 5.74) is 0.503. The Balaban J connectivity index is 2.99. The molecule has 0 aliphatic carbocycles. The van der Waals surface area contributed by atoms with Gasteiger partial charge in [-0.2, -0.15) is 11.8 Å². The van der Waals surface area contributed by atoms with Gasteiger partial charge < -0.3 is 0 Å². The second-order valence-electron chi connectivity index (χ2n) is 2.48. The van der Waals surface area contributed by atoms with Crippen molar-refractivity contribution in [1.82, 2.24) is 0 Å². The van der Waals surface area contributed by atoms with E-state index in [4.69, 9.17) is 23.2 Å². The number of rotatable bonds is 3. The molecule has 0 atom stereocenters. The zero-order valence-electron chi connectivity index (χ0n) is 7.01. The van der Waals surface area contributed by atoms with Crippen molar-refractivity contribution >= 4 is 40.7 Å². The van der Waals surface area contributed by atoms with E-state index in [1.165, 1.54) is 11.8 Å². The highest BCUT2D eigenvalue weighted by Gasteiger charge is 2.09. The summed E-state index contributed by atoms with van der Waals surface area (Å²) in [6.07, 6.45) is 1.87. The molecule has 0 N–H and O–H groups in total. The summed E-state index contributed by atoms with van der Waals surface area (Å²) < 4.78 is 0. The van der Waals surface area contributed by atoms with Gasteiger partial charge in [0, 0.05) is 10.6 Å². The number of ketones is 1. The second kappa shape index (κ2) is 4.89. The topological polar surface area (TPSA) is 17.1 Å². The molecule has 0 aromatic heterocycles. The highest BCUT2D eigenvalue weighted by Crippen LogP contribution is 2.21. The molecule has 70 valence electrons. The zero-order valence-corrected chi connectivity index (χ0v) is 9.34. The maximum absolute atomic E-state index is 11.5. The molecule has 4 heteroatoms. The van der Waals surface area contributed by atoms with Crippen molar-refractivity contribution in [3.05, 3.63) is 33.8 Å². The first-order chi connectivity index (χ1) is 6.15. The molecule has 0 saturated carbocycles. The monoisotopic (exact) mass is 234 g/mol. The predicted molar refractivity (Wildman–Crippen MR) is 59.2 cm³/mol. The quantitative estimate of drug-likeness (QED) is 0.745. The highest BCUT2D eigenvalue weighted by atomic mass is 35.5. The average molecular weight is 235 g/mol. The van der Waals surface area contributed by atoms with Crippen molar-refractivity contribution in [2.24, 2.45) is 0 Å². The molecular formula is C9H8Cl2OS. The predicted octanol–water partition coefficient (Wildman–Crippen LogP) is 3.54. The fraction of sp³-hybridized carbons (Fsp3) is 0.222. The van der Waals surface area contributed by atoms with E-state index in [0.717, 1.165) is 0 Å². The Bertz CT molecular complexity index is 325. The van der Waals surface area contributed by atoms with Crippen molar-refractivity contribution in [2.45, 2.75) is 0 Å². The minimum atomic E-state index is 0.0139.